The van der Waals surface area contributed by atoms with Crippen LogP contribution in [0.1, 0.15) is 49.9 Å². The molecule has 2 aliphatic rings. The van der Waals surface area contributed by atoms with Gasteiger partial charge in [0.15, 0.2) is 17.0 Å². The van der Waals surface area contributed by atoms with E-state index >= 15 is 0 Å². The largest absolute Gasteiger partial charge is 0.497 e. The molecule has 3 amide bonds. The van der Waals surface area contributed by atoms with Crippen LogP contribution in [0.25, 0.3) is 10.9 Å². The van der Waals surface area contributed by atoms with Gasteiger partial charge in [-0.25, -0.2) is 9.69 Å². The molecule has 206 valence electrons. The van der Waals surface area contributed by atoms with E-state index < -0.39 is 5.54 Å². The molecule has 3 aromatic carbocycles. The molecule has 1 saturated heterocycles. The maximum Gasteiger partial charge on any atom is 0.332 e. The first-order valence-corrected chi connectivity index (χ1v) is 13.7. The molecule has 1 N–H and O–H groups in total. The zero-order valence-corrected chi connectivity index (χ0v) is 23.2. The molecule has 0 spiro atoms. The molecule has 6 rings (SSSR count). The lowest BCUT2D eigenvalue weighted by Gasteiger charge is -2.40. The van der Waals surface area contributed by atoms with Gasteiger partial charge in [0.05, 0.1) is 31.7 Å². The molecule has 40 heavy (non-hydrogen) atoms. The Hall–Kier alpha value is -4.46. The number of H-pyrrole nitrogens is 1. The lowest BCUT2D eigenvalue weighted by Crippen LogP contribution is -2.50. The number of amides is 3. The molecule has 8 nitrogen and oxygen atoms in total. The quantitative estimate of drug-likeness (QED) is 0.270. The summed E-state index contributed by atoms with van der Waals surface area (Å²) in [5.74, 6) is 1.45. The number of urea groups is 1. The molecular formula is C32H33N3O5. The lowest BCUT2D eigenvalue weighted by atomic mass is 9.78. The molecular weight excluding hydrogens is 506 g/mol. The van der Waals surface area contributed by atoms with E-state index in [4.69, 9.17) is 14.2 Å². The number of carbonyl (C=O) groups is 2. The van der Waals surface area contributed by atoms with Crippen LogP contribution < -0.4 is 19.1 Å². The Morgan fingerprint density at radius 2 is 1.80 bits per heavy atom. The number of rotatable bonds is 8. The summed E-state index contributed by atoms with van der Waals surface area (Å²) in [5.41, 5.74) is 2.95. The second-order valence-electron chi connectivity index (χ2n) is 10.3. The number of benzene rings is 3. The van der Waals surface area contributed by atoms with Crippen molar-refractivity contribution >= 4 is 28.5 Å². The summed E-state index contributed by atoms with van der Waals surface area (Å²) in [5, 5.41) is 1.03. The number of methoxy groups -OCH3 is 1. The number of aromatic amines is 1. The van der Waals surface area contributed by atoms with Gasteiger partial charge in [-0.3, -0.25) is 4.79 Å². The standard InChI is InChI=1S/C32H33N3O5/c1-5-16-40-26-15-14-20(17-27(26)39-6-2)24-19-34-31(37)35(21-10-9-11-22(18-21)38-4)30(36)32(34,3)29-28(24)23-12-7-8-13-25(23)33-29/h7-15,17-18,24,33H,5-6,16,19H2,1-4H3/t24-,32+/m1/s1. The molecule has 8 heteroatoms. The molecule has 3 heterocycles. The number of hydrogen-bond donors (Lipinski definition) is 1. The summed E-state index contributed by atoms with van der Waals surface area (Å²) in [6.07, 6.45) is 0.891. The molecule has 0 radical (unpaired) electrons. The first-order valence-electron chi connectivity index (χ1n) is 13.7. The van der Waals surface area contributed by atoms with E-state index in [0.717, 1.165) is 34.1 Å². The Morgan fingerprint density at radius 1 is 0.975 bits per heavy atom. The molecule has 4 aromatic rings. The number of nitrogens with one attached hydrogen (secondary N) is 1. The number of nitrogens with zero attached hydrogens (tertiary/aromatic N) is 2. The lowest BCUT2D eigenvalue weighted by molar-refractivity contribution is -0.125. The Bertz CT molecular complexity index is 1610. The zero-order valence-electron chi connectivity index (χ0n) is 23.2. The van der Waals surface area contributed by atoms with Crippen molar-refractivity contribution in [3.63, 3.8) is 0 Å². The van der Waals surface area contributed by atoms with Crippen molar-refractivity contribution in [2.24, 2.45) is 0 Å². The Kier molecular flexibility index (Phi) is 6.41. The number of aromatic nitrogens is 1. The third-order valence-corrected chi connectivity index (χ3v) is 7.97. The molecule has 0 unspecified atom stereocenters. The van der Waals surface area contributed by atoms with Gasteiger partial charge in [-0.05, 0) is 61.7 Å². The first kappa shape index (κ1) is 25.8. The van der Waals surface area contributed by atoms with Crippen molar-refractivity contribution in [2.45, 2.75) is 38.6 Å². The SMILES string of the molecule is CCCOc1ccc([C@H]2CN3C(=O)N(c4cccc(OC)c4)C(=O)[C@]3(C)c3[nH]c4ccccc4c32)cc1OCC. The minimum atomic E-state index is -1.20. The molecule has 0 aliphatic carbocycles. The molecule has 0 bridgehead atoms. The van der Waals surface area contributed by atoms with Crippen LogP contribution in [0.3, 0.4) is 0 Å². The smallest absolute Gasteiger partial charge is 0.332 e. The van der Waals surface area contributed by atoms with Gasteiger partial charge in [0, 0.05) is 29.4 Å². The minimum Gasteiger partial charge on any atom is -0.497 e. The highest BCUT2D eigenvalue weighted by molar-refractivity contribution is 6.23. The average molecular weight is 540 g/mol. The maximum absolute atomic E-state index is 14.2. The first-order chi connectivity index (χ1) is 19.4. The number of fused-ring (bicyclic) bond motifs is 5. The summed E-state index contributed by atoms with van der Waals surface area (Å²) < 4.78 is 17.3. The van der Waals surface area contributed by atoms with E-state index in [1.54, 1.807) is 36.3 Å². The maximum atomic E-state index is 14.2. The topological polar surface area (TPSA) is 84.1 Å². The van der Waals surface area contributed by atoms with Crippen molar-refractivity contribution in [3.05, 3.63) is 83.6 Å². The van der Waals surface area contributed by atoms with Crippen molar-refractivity contribution < 1.29 is 23.8 Å². The summed E-state index contributed by atoms with van der Waals surface area (Å²) in [7, 11) is 1.56. The number of ether oxygens (including phenoxy) is 3. The van der Waals surface area contributed by atoms with E-state index in [9.17, 15) is 9.59 Å². The molecule has 2 aliphatic heterocycles. The second-order valence-corrected chi connectivity index (χ2v) is 10.3. The van der Waals surface area contributed by atoms with E-state index in [-0.39, 0.29) is 17.9 Å². The number of para-hydroxylation sites is 1. The highest BCUT2D eigenvalue weighted by Crippen LogP contribution is 2.51. The van der Waals surface area contributed by atoms with Crippen LogP contribution in [-0.4, -0.2) is 48.7 Å². The fourth-order valence-corrected chi connectivity index (χ4v) is 6.01. The minimum absolute atomic E-state index is 0.194. The summed E-state index contributed by atoms with van der Waals surface area (Å²) in [6.45, 7) is 7.28. The normalized spacial score (nSPS) is 20.1. The molecule has 1 fully saturated rings. The van der Waals surface area contributed by atoms with Crippen molar-refractivity contribution in [3.8, 4) is 17.2 Å². The number of hydrogen-bond acceptors (Lipinski definition) is 5. The Morgan fingerprint density at radius 3 is 2.58 bits per heavy atom. The van der Waals surface area contributed by atoms with Gasteiger partial charge >= 0.3 is 6.03 Å². The van der Waals surface area contributed by atoms with E-state index in [2.05, 4.69) is 18.0 Å². The predicted molar refractivity (Wildman–Crippen MR) is 153 cm³/mol. The van der Waals surface area contributed by atoms with E-state index in [1.165, 1.54) is 4.90 Å². The van der Waals surface area contributed by atoms with Crippen LogP contribution in [0.15, 0.2) is 66.7 Å². The Balaban J connectivity index is 1.51. The van der Waals surface area contributed by atoms with Gasteiger partial charge in [-0.1, -0.05) is 37.3 Å². The summed E-state index contributed by atoms with van der Waals surface area (Å²) >= 11 is 0. The zero-order chi connectivity index (χ0) is 28.0. The summed E-state index contributed by atoms with van der Waals surface area (Å²) in [4.78, 5) is 34.7. The van der Waals surface area contributed by atoms with Gasteiger partial charge in [-0.2, -0.15) is 0 Å². The predicted octanol–water partition coefficient (Wildman–Crippen LogP) is 6.19. The summed E-state index contributed by atoms with van der Waals surface area (Å²) in [6, 6.07) is 20.7. The Labute approximate surface area is 233 Å². The highest BCUT2D eigenvalue weighted by Gasteiger charge is 2.60. The third kappa shape index (κ3) is 3.81. The second kappa shape index (κ2) is 9.93. The van der Waals surface area contributed by atoms with Crippen LogP contribution >= 0.6 is 0 Å². The fourth-order valence-electron chi connectivity index (χ4n) is 6.01. The van der Waals surface area contributed by atoms with Gasteiger partial charge in [0.1, 0.15) is 5.75 Å². The van der Waals surface area contributed by atoms with Crippen molar-refractivity contribution in [1.82, 2.24) is 9.88 Å². The number of anilines is 1. The van der Waals surface area contributed by atoms with E-state index in [1.807, 2.05) is 50.2 Å². The monoisotopic (exact) mass is 539 g/mol. The number of imide groups is 1. The van der Waals surface area contributed by atoms with Crippen LogP contribution in [-0.2, 0) is 10.3 Å². The molecule has 1 aromatic heterocycles. The molecule has 0 saturated carbocycles. The van der Waals surface area contributed by atoms with Crippen LogP contribution in [0.2, 0.25) is 0 Å². The molecule has 2 atom stereocenters. The van der Waals surface area contributed by atoms with Gasteiger partial charge in [-0.15, -0.1) is 0 Å². The van der Waals surface area contributed by atoms with Gasteiger partial charge in [0.2, 0.25) is 0 Å². The van der Waals surface area contributed by atoms with E-state index in [0.29, 0.717) is 42.7 Å². The van der Waals surface area contributed by atoms with Crippen LogP contribution in [0, 0.1) is 0 Å². The fraction of sp³-hybridized carbons (Fsp3) is 0.312. The average Bonchev–Trinajstić information content (AvgIpc) is 3.46. The van der Waals surface area contributed by atoms with Gasteiger partial charge in [0.25, 0.3) is 5.91 Å². The van der Waals surface area contributed by atoms with Crippen LogP contribution in [0.5, 0.6) is 17.2 Å². The van der Waals surface area contributed by atoms with Crippen molar-refractivity contribution in [1.29, 1.82) is 0 Å². The van der Waals surface area contributed by atoms with Crippen molar-refractivity contribution in [2.75, 3.05) is 31.8 Å². The third-order valence-electron chi connectivity index (χ3n) is 7.97. The number of carbonyl (C=O) groups excluding carboxylic acids is 2. The highest BCUT2D eigenvalue weighted by atomic mass is 16.5. The van der Waals surface area contributed by atoms with Gasteiger partial charge < -0.3 is 24.1 Å². The van der Waals surface area contributed by atoms with Crippen LogP contribution in [0.4, 0.5) is 10.5 Å².